The number of nitriles is 1. The molecule has 1 heterocycles. The van der Waals surface area contributed by atoms with Crippen molar-refractivity contribution in [3.63, 3.8) is 0 Å². The maximum Gasteiger partial charge on any atom is 0.120 e. The molecule has 0 spiro atoms. The van der Waals surface area contributed by atoms with E-state index in [1.165, 1.54) is 18.4 Å². The molecule has 0 aliphatic carbocycles. The van der Waals surface area contributed by atoms with Gasteiger partial charge in [0.05, 0.1) is 0 Å². The summed E-state index contributed by atoms with van der Waals surface area (Å²) in [5, 5.41) is 8.56. The van der Waals surface area contributed by atoms with E-state index in [0.29, 0.717) is 0 Å². The fourth-order valence-corrected chi connectivity index (χ4v) is 1.38. The average Bonchev–Trinajstić information content (AvgIpc) is 2.66. The lowest BCUT2D eigenvalue weighted by atomic mass is 10.2. The zero-order valence-corrected chi connectivity index (χ0v) is 10.7. The van der Waals surface area contributed by atoms with Gasteiger partial charge in [-0.1, -0.05) is 25.8 Å². The predicted octanol–water partition coefficient (Wildman–Crippen LogP) is 4.13. The van der Waals surface area contributed by atoms with Crippen LogP contribution in [0.3, 0.4) is 0 Å². The van der Waals surface area contributed by atoms with Crippen molar-refractivity contribution in [2.24, 2.45) is 0 Å². The summed E-state index contributed by atoms with van der Waals surface area (Å²) >= 11 is 0. The molecule has 16 heavy (non-hydrogen) atoms. The summed E-state index contributed by atoms with van der Waals surface area (Å²) in [6.07, 6.45) is 5.42. The Hall–Kier alpha value is -1.49. The molecule has 0 unspecified atom stereocenters. The Kier molecular flexibility index (Phi) is 7.97. The van der Waals surface area contributed by atoms with Crippen molar-refractivity contribution in [1.29, 1.82) is 5.26 Å². The standard InChI is InChI=1S/C8H10N2.C6H12/c1-2-5-10-6-3-4-8(10)7-9;1-4-5-6(2)3/h3-4,6H,2,5H2,1H3;2,4-5H2,1,3H3. The molecular formula is C14H22N2. The first-order valence-electron chi connectivity index (χ1n) is 5.85. The number of hydrogen-bond donors (Lipinski definition) is 0. The van der Waals surface area contributed by atoms with Crippen LogP contribution in [-0.4, -0.2) is 4.57 Å². The van der Waals surface area contributed by atoms with E-state index in [0.717, 1.165) is 18.7 Å². The summed E-state index contributed by atoms with van der Waals surface area (Å²) in [5.41, 5.74) is 2.04. The van der Waals surface area contributed by atoms with Crippen LogP contribution in [0.5, 0.6) is 0 Å². The average molecular weight is 218 g/mol. The van der Waals surface area contributed by atoms with Crippen LogP contribution in [-0.2, 0) is 6.54 Å². The Morgan fingerprint density at radius 1 is 1.44 bits per heavy atom. The second-order valence-corrected chi connectivity index (χ2v) is 3.91. The summed E-state index contributed by atoms with van der Waals surface area (Å²) in [5.74, 6) is 0. The minimum Gasteiger partial charge on any atom is -0.339 e. The van der Waals surface area contributed by atoms with Gasteiger partial charge < -0.3 is 4.57 Å². The lowest BCUT2D eigenvalue weighted by Gasteiger charge is -1.98. The minimum absolute atomic E-state index is 0.752. The van der Waals surface area contributed by atoms with Gasteiger partial charge in [-0.25, -0.2) is 0 Å². The molecule has 88 valence electrons. The quantitative estimate of drug-likeness (QED) is 0.698. The molecule has 0 saturated heterocycles. The molecule has 0 bridgehead atoms. The topological polar surface area (TPSA) is 28.7 Å². The third-order valence-corrected chi connectivity index (χ3v) is 2.09. The molecule has 0 aliphatic rings. The maximum absolute atomic E-state index is 8.56. The van der Waals surface area contributed by atoms with Gasteiger partial charge in [0, 0.05) is 12.7 Å². The number of aromatic nitrogens is 1. The molecule has 0 aromatic carbocycles. The molecule has 0 atom stereocenters. The smallest absolute Gasteiger partial charge is 0.120 e. The van der Waals surface area contributed by atoms with Crippen molar-refractivity contribution in [2.75, 3.05) is 0 Å². The van der Waals surface area contributed by atoms with Crippen molar-refractivity contribution < 1.29 is 0 Å². The molecular weight excluding hydrogens is 196 g/mol. The van der Waals surface area contributed by atoms with E-state index in [2.05, 4.69) is 33.4 Å². The van der Waals surface area contributed by atoms with E-state index in [9.17, 15) is 0 Å². The second-order valence-electron chi connectivity index (χ2n) is 3.91. The Bertz CT molecular complexity index is 342. The second kappa shape index (κ2) is 8.79. The van der Waals surface area contributed by atoms with Crippen molar-refractivity contribution in [3.05, 3.63) is 36.2 Å². The van der Waals surface area contributed by atoms with Gasteiger partial charge in [0.25, 0.3) is 0 Å². The van der Waals surface area contributed by atoms with Crippen LogP contribution in [0.2, 0.25) is 0 Å². The third-order valence-electron chi connectivity index (χ3n) is 2.09. The zero-order chi connectivity index (χ0) is 12.4. The molecule has 1 rings (SSSR count). The molecule has 1 aromatic rings. The minimum atomic E-state index is 0.752. The largest absolute Gasteiger partial charge is 0.339 e. The first kappa shape index (κ1) is 14.5. The van der Waals surface area contributed by atoms with Crippen molar-refractivity contribution in [3.8, 4) is 6.07 Å². The van der Waals surface area contributed by atoms with E-state index in [1.54, 1.807) is 0 Å². The van der Waals surface area contributed by atoms with E-state index in [4.69, 9.17) is 5.26 Å². The number of nitrogens with zero attached hydrogens (tertiary/aromatic N) is 2. The summed E-state index contributed by atoms with van der Waals surface area (Å²) in [6.45, 7) is 11.0. The summed E-state index contributed by atoms with van der Waals surface area (Å²) in [6, 6.07) is 5.85. The van der Waals surface area contributed by atoms with Crippen LogP contribution in [0.15, 0.2) is 30.5 Å². The van der Waals surface area contributed by atoms with Gasteiger partial charge in [-0.3, -0.25) is 0 Å². The van der Waals surface area contributed by atoms with Gasteiger partial charge in [-0.2, -0.15) is 5.26 Å². The third kappa shape index (κ3) is 6.08. The van der Waals surface area contributed by atoms with Gasteiger partial charge in [0.1, 0.15) is 11.8 Å². The SMILES string of the molecule is C=C(C)CCC.CCCn1cccc1C#N. The number of allylic oxidation sites excluding steroid dienone is 1. The summed E-state index contributed by atoms with van der Waals surface area (Å²) in [7, 11) is 0. The van der Waals surface area contributed by atoms with Crippen LogP contribution in [0, 0.1) is 11.3 Å². The highest BCUT2D eigenvalue weighted by Gasteiger charge is 1.95. The first-order chi connectivity index (χ1) is 7.65. The number of aryl methyl sites for hydroxylation is 1. The van der Waals surface area contributed by atoms with Crippen LogP contribution < -0.4 is 0 Å². The fourth-order valence-electron chi connectivity index (χ4n) is 1.38. The molecule has 0 amide bonds. The van der Waals surface area contributed by atoms with E-state index < -0.39 is 0 Å². The van der Waals surface area contributed by atoms with E-state index in [-0.39, 0.29) is 0 Å². The molecule has 2 nitrogen and oxygen atoms in total. The molecule has 0 fully saturated rings. The molecule has 0 saturated carbocycles. The van der Waals surface area contributed by atoms with E-state index in [1.807, 2.05) is 22.9 Å². The fraction of sp³-hybridized carbons (Fsp3) is 0.500. The van der Waals surface area contributed by atoms with Gasteiger partial charge in [-0.05, 0) is 31.9 Å². The highest BCUT2D eigenvalue weighted by molar-refractivity contribution is 5.21. The Labute approximate surface area is 99.2 Å². The zero-order valence-electron chi connectivity index (χ0n) is 10.7. The van der Waals surface area contributed by atoms with E-state index >= 15 is 0 Å². The van der Waals surface area contributed by atoms with Gasteiger partial charge in [0.2, 0.25) is 0 Å². The van der Waals surface area contributed by atoms with Gasteiger partial charge in [0.15, 0.2) is 0 Å². The van der Waals surface area contributed by atoms with Crippen LogP contribution >= 0.6 is 0 Å². The van der Waals surface area contributed by atoms with Gasteiger partial charge >= 0.3 is 0 Å². The highest BCUT2D eigenvalue weighted by Crippen LogP contribution is 2.00. The van der Waals surface area contributed by atoms with Crippen molar-refractivity contribution >= 4 is 0 Å². The predicted molar refractivity (Wildman–Crippen MR) is 69.2 cm³/mol. The molecule has 0 aliphatic heterocycles. The monoisotopic (exact) mass is 218 g/mol. The molecule has 2 heteroatoms. The number of hydrogen-bond acceptors (Lipinski definition) is 1. The van der Waals surface area contributed by atoms with Crippen molar-refractivity contribution in [2.45, 2.75) is 46.6 Å². The first-order valence-corrected chi connectivity index (χ1v) is 5.85. The molecule has 0 radical (unpaired) electrons. The summed E-state index contributed by atoms with van der Waals surface area (Å²) < 4.78 is 1.96. The maximum atomic E-state index is 8.56. The lowest BCUT2D eigenvalue weighted by Crippen LogP contribution is -1.96. The molecule has 1 aromatic heterocycles. The normalized spacial score (nSPS) is 8.88. The molecule has 0 N–H and O–H groups in total. The van der Waals surface area contributed by atoms with Gasteiger partial charge in [-0.15, -0.1) is 6.58 Å². The number of rotatable bonds is 4. The van der Waals surface area contributed by atoms with Crippen LogP contribution in [0.25, 0.3) is 0 Å². The Morgan fingerprint density at radius 2 is 2.12 bits per heavy atom. The summed E-state index contributed by atoms with van der Waals surface area (Å²) in [4.78, 5) is 0. The van der Waals surface area contributed by atoms with Crippen molar-refractivity contribution in [1.82, 2.24) is 4.57 Å². The van der Waals surface area contributed by atoms with Crippen LogP contribution in [0.4, 0.5) is 0 Å². The van der Waals surface area contributed by atoms with Crippen LogP contribution in [0.1, 0.15) is 45.7 Å². The Balaban J connectivity index is 0.000000325. The Morgan fingerprint density at radius 3 is 2.50 bits per heavy atom. The lowest BCUT2D eigenvalue weighted by molar-refractivity contribution is 0.676. The highest BCUT2D eigenvalue weighted by atomic mass is 15.0.